The number of nitrogens with zero attached hydrogens (tertiary/aromatic N) is 1. The van der Waals surface area contributed by atoms with Crippen LogP contribution in [-0.2, 0) is 0 Å². The van der Waals surface area contributed by atoms with Crippen molar-refractivity contribution in [2.75, 3.05) is 11.6 Å². The van der Waals surface area contributed by atoms with E-state index in [4.69, 9.17) is 11.1 Å². The fourth-order valence-electron chi connectivity index (χ4n) is 2.13. The van der Waals surface area contributed by atoms with Crippen molar-refractivity contribution in [3.05, 3.63) is 46.2 Å². The quantitative estimate of drug-likeness (QED) is 0.343. The van der Waals surface area contributed by atoms with Crippen molar-refractivity contribution in [2.24, 2.45) is 5.73 Å². The van der Waals surface area contributed by atoms with Crippen molar-refractivity contribution in [3.63, 3.8) is 0 Å². The summed E-state index contributed by atoms with van der Waals surface area (Å²) in [7, 11) is 0. The van der Waals surface area contributed by atoms with Gasteiger partial charge in [-0.3, -0.25) is 5.41 Å². The molecular weight excluding hydrogens is 344 g/mol. The number of thioether (sulfide) groups is 1. The Balaban J connectivity index is 1.86. The highest BCUT2D eigenvalue weighted by Crippen LogP contribution is 2.37. The van der Waals surface area contributed by atoms with Crippen LogP contribution in [-0.4, -0.2) is 17.1 Å². The fourth-order valence-corrected chi connectivity index (χ4v) is 4.50. The highest BCUT2D eigenvalue weighted by molar-refractivity contribution is 8.00. The van der Waals surface area contributed by atoms with Gasteiger partial charge in [-0.05, 0) is 25.3 Å². The van der Waals surface area contributed by atoms with Crippen LogP contribution in [0.5, 0.6) is 0 Å². The molecule has 3 aromatic rings. The second kappa shape index (κ2) is 6.74. The molecule has 0 bridgehead atoms. The predicted molar refractivity (Wildman–Crippen MR) is 103 cm³/mol. The number of benzene rings is 1. The minimum Gasteiger partial charge on any atom is -0.383 e. The highest BCUT2D eigenvalue weighted by atomic mass is 32.2. The standard InChI is InChI=1S/C16H16N4S3/c1-9-4-3-5-10(6-9)12-8-22-16(20-12)19-11-7-13(14(17)18)23-15(11)21-2/h3-8H,1-2H3,(H3,17,18)(H,19,20). The number of nitrogen functional groups attached to an aromatic ring is 1. The molecular formula is C16H16N4S3. The molecule has 2 heterocycles. The molecule has 1 aromatic carbocycles. The number of rotatable bonds is 5. The minimum absolute atomic E-state index is 0.0953. The molecule has 0 aliphatic rings. The van der Waals surface area contributed by atoms with Gasteiger partial charge in [0.1, 0.15) is 5.84 Å². The molecule has 23 heavy (non-hydrogen) atoms. The maximum absolute atomic E-state index is 7.57. The Kier molecular flexibility index (Phi) is 4.70. The Morgan fingerprint density at radius 3 is 2.87 bits per heavy atom. The maximum atomic E-state index is 7.57. The molecule has 0 unspecified atom stereocenters. The number of amidine groups is 1. The maximum Gasteiger partial charge on any atom is 0.187 e. The number of anilines is 2. The van der Waals surface area contributed by atoms with Gasteiger partial charge in [0.15, 0.2) is 5.13 Å². The topological polar surface area (TPSA) is 74.8 Å². The van der Waals surface area contributed by atoms with E-state index in [1.165, 1.54) is 16.9 Å². The molecule has 0 amide bonds. The lowest BCUT2D eigenvalue weighted by Gasteiger charge is -2.02. The normalized spacial score (nSPS) is 10.7. The number of hydrogen-bond donors (Lipinski definition) is 3. The van der Waals surface area contributed by atoms with Crippen LogP contribution in [0.25, 0.3) is 11.3 Å². The molecule has 0 spiro atoms. The van der Waals surface area contributed by atoms with Crippen LogP contribution in [0.3, 0.4) is 0 Å². The van der Waals surface area contributed by atoms with E-state index in [2.05, 4.69) is 35.4 Å². The van der Waals surface area contributed by atoms with Crippen LogP contribution in [0, 0.1) is 12.3 Å². The van der Waals surface area contributed by atoms with Gasteiger partial charge in [-0.2, -0.15) is 0 Å². The van der Waals surface area contributed by atoms with E-state index in [-0.39, 0.29) is 5.84 Å². The zero-order chi connectivity index (χ0) is 16.4. The third-order valence-electron chi connectivity index (χ3n) is 3.21. The Morgan fingerprint density at radius 2 is 2.17 bits per heavy atom. The van der Waals surface area contributed by atoms with Crippen LogP contribution in [0.15, 0.2) is 39.9 Å². The monoisotopic (exact) mass is 360 g/mol. The van der Waals surface area contributed by atoms with Gasteiger partial charge in [0.05, 0.1) is 20.5 Å². The smallest absolute Gasteiger partial charge is 0.187 e. The number of aryl methyl sites for hydroxylation is 1. The van der Waals surface area contributed by atoms with E-state index >= 15 is 0 Å². The molecule has 7 heteroatoms. The summed E-state index contributed by atoms with van der Waals surface area (Å²) in [5.41, 5.74) is 9.85. The lowest BCUT2D eigenvalue weighted by Crippen LogP contribution is -2.08. The van der Waals surface area contributed by atoms with Crippen molar-refractivity contribution in [1.29, 1.82) is 5.41 Å². The molecule has 0 radical (unpaired) electrons. The third kappa shape index (κ3) is 3.57. The Hall–Kier alpha value is -1.83. The number of thiazole rings is 1. The molecule has 0 fully saturated rings. The fraction of sp³-hybridized carbons (Fsp3) is 0.125. The van der Waals surface area contributed by atoms with Crippen molar-refractivity contribution >= 4 is 51.1 Å². The largest absolute Gasteiger partial charge is 0.383 e. The van der Waals surface area contributed by atoms with Crippen molar-refractivity contribution in [1.82, 2.24) is 4.98 Å². The summed E-state index contributed by atoms with van der Waals surface area (Å²) in [6.07, 6.45) is 2.01. The lowest BCUT2D eigenvalue weighted by atomic mass is 10.1. The number of nitrogens with two attached hydrogens (primary N) is 1. The first-order valence-electron chi connectivity index (χ1n) is 6.88. The van der Waals surface area contributed by atoms with Gasteiger partial charge >= 0.3 is 0 Å². The summed E-state index contributed by atoms with van der Waals surface area (Å²) in [4.78, 5) is 5.43. The van der Waals surface area contributed by atoms with Gasteiger partial charge in [0.25, 0.3) is 0 Å². The van der Waals surface area contributed by atoms with E-state index in [0.717, 1.165) is 31.2 Å². The number of nitrogens with one attached hydrogen (secondary N) is 2. The molecule has 118 valence electrons. The SMILES string of the molecule is CSc1sc(C(=N)N)cc1Nc1nc(-c2cccc(C)c2)cs1. The van der Waals surface area contributed by atoms with Crippen molar-refractivity contribution in [3.8, 4) is 11.3 Å². The molecule has 4 nitrogen and oxygen atoms in total. The molecule has 0 saturated carbocycles. The Bertz CT molecular complexity index is 851. The summed E-state index contributed by atoms with van der Waals surface area (Å²) >= 11 is 4.73. The van der Waals surface area contributed by atoms with E-state index in [1.807, 2.05) is 23.8 Å². The Labute approximate surface area is 147 Å². The van der Waals surface area contributed by atoms with Crippen LogP contribution >= 0.6 is 34.4 Å². The number of hydrogen-bond acceptors (Lipinski definition) is 6. The molecule has 0 atom stereocenters. The molecule has 0 aliphatic heterocycles. The van der Waals surface area contributed by atoms with Gasteiger partial charge in [0, 0.05) is 10.9 Å². The van der Waals surface area contributed by atoms with Gasteiger partial charge in [-0.25, -0.2) is 4.98 Å². The first-order chi connectivity index (χ1) is 11.1. The summed E-state index contributed by atoms with van der Waals surface area (Å²) in [5, 5.41) is 13.8. The van der Waals surface area contributed by atoms with Gasteiger partial charge in [-0.15, -0.1) is 34.4 Å². The molecule has 3 rings (SSSR count). The van der Waals surface area contributed by atoms with Crippen LogP contribution < -0.4 is 11.1 Å². The lowest BCUT2D eigenvalue weighted by molar-refractivity contribution is 1.36. The average molecular weight is 361 g/mol. The van der Waals surface area contributed by atoms with E-state index in [0.29, 0.717) is 0 Å². The van der Waals surface area contributed by atoms with Gasteiger partial charge in [0.2, 0.25) is 0 Å². The van der Waals surface area contributed by atoms with Crippen LogP contribution in [0.4, 0.5) is 10.8 Å². The summed E-state index contributed by atoms with van der Waals surface area (Å²) in [5.74, 6) is 0.0953. The molecule has 4 N–H and O–H groups in total. The van der Waals surface area contributed by atoms with Crippen molar-refractivity contribution in [2.45, 2.75) is 11.1 Å². The van der Waals surface area contributed by atoms with Gasteiger partial charge in [-0.1, -0.05) is 23.8 Å². The van der Waals surface area contributed by atoms with E-state index in [9.17, 15) is 0 Å². The second-order valence-electron chi connectivity index (χ2n) is 4.96. The summed E-state index contributed by atoms with van der Waals surface area (Å²) < 4.78 is 1.10. The summed E-state index contributed by atoms with van der Waals surface area (Å²) in [6, 6.07) is 10.2. The molecule has 2 aromatic heterocycles. The second-order valence-corrected chi connectivity index (χ2v) is 7.95. The molecule has 0 aliphatic carbocycles. The van der Waals surface area contributed by atoms with Crippen molar-refractivity contribution < 1.29 is 0 Å². The minimum atomic E-state index is 0.0953. The van der Waals surface area contributed by atoms with Crippen LogP contribution in [0.1, 0.15) is 10.4 Å². The summed E-state index contributed by atoms with van der Waals surface area (Å²) in [6.45, 7) is 2.08. The van der Waals surface area contributed by atoms with E-state index in [1.54, 1.807) is 23.1 Å². The average Bonchev–Trinajstić information content (AvgIpc) is 3.14. The molecule has 0 saturated heterocycles. The van der Waals surface area contributed by atoms with Gasteiger partial charge < -0.3 is 11.1 Å². The Morgan fingerprint density at radius 1 is 1.35 bits per heavy atom. The number of aromatic nitrogens is 1. The first kappa shape index (κ1) is 16.0. The third-order valence-corrected chi connectivity index (χ3v) is 6.27. The first-order valence-corrected chi connectivity index (χ1v) is 9.80. The zero-order valence-electron chi connectivity index (χ0n) is 12.7. The van der Waals surface area contributed by atoms with Crippen LogP contribution in [0.2, 0.25) is 0 Å². The zero-order valence-corrected chi connectivity index (χ0v) is 15.2. The highest BCUT2D eigenvalue weighted by Gasteiger charge is 2.12. The van der Waals surface area contributed by atoms with E-state index < -0.39 is 0 Å². The predicted octanol–water partition coefficient (Wildman–Crippen LogP) is 4.93. The number of thiophene rings is 1.